The number of esters is 1. The molecule has 2 aromatic heterocycles. The first kappa shape index (κ1) is 30.8. The second kappa shape index (κ2) is 15.2. The number of thioether (sulfide) groups is 2. The molecule has 0 saturated heterocycles. The van der Waals surface area contributed by atoms with Crippen molar-refractivity contribution < 1.29 is 19.4 Å². The van der Waals surface area contributed by atoms with E-state index in [-0.39, 0.29) is 41.8 Å². The zero-order valence-electron chi connectivity index (χ0n) is 22.2. The number of hydrogen-bond acceptors (Lipinski definition) is 11. The molecule has 1 aromatic carbocycles. The van der Waals surface area contributed by atoms with Crippen LogP contribution in [0, 0.1) is 22.7 Å². The van der Waals surface area contributed by atoms with Crippen molar-refractivity contribution in [3.63, 3.8) is 0 Å². The Bertz CT molecular complexity index is 1470. The summed E-state index contributed by atoms with van der Waals surface area (Å²) < 4.78 is 11.2. The Labute approximate surface area is 246 Å². The number of pyridine rings is 1. The van der Waals surface area contributed by atoms with E-state index in [4.69, 9.17) is 20.3 Å². The summed E-state index contributed by atoms with van der Waals surface area (Å²) >= 11 is 4.40. The number of hydrogen-bond donors (Lipinski definition) is 2. The van der Waals surface area contributed by atoms with E-state index in [0.717, 1.165) is 21.0 Å². The predicted molar refractivity (Wildman–Crippen MR) is 158 cm³/mol. The number of ether oxygens (including phenoxy) is 2. The first-order valence-corrected chi connectivity index (χ1v) is 15.3. The van der Waals surface area contributed by atoms with Crippen molar-refractivity contribution in [2.75, 3.05) is 25.2 Å². The largest absolute Gasteiger partial charge is 0.463 e. The van der Waals surface area contributed by atoms with E-state index in [1.165, 1.54) is 11.8 Å². The number of nitrogens with zero attached hydrogens (tertiary/aromatic N) is 3. The van der Waals surface area contributed by atoms with Crippen molar-refractivity contribution in [2.24, 2.45) is 5.73 Å². The maximum absolute atomic E-state index is 13.2. The number of nitrogens with two attached hydrogens (primary N) is 1. The summed E-state index contributed by atoms with van der Waals surface area (Å²) in [5.41, 5.74) is 8.42. The molecule has 1 unspecified atom stereocenters. The van der Waals surface area contributed by atoms with Gasteiger partial charge in [0.25, 0.3) is 0 Å². The molecule has 11 heteroatoms. The number of nitriles is 2. The Morgan fingerprint density at radius 1 is 1.18 bits per heavy atom. The molecule has 0 saturated carbocycles. The molecule has 3 heterocycles. The maximum Gasteiger partial charge on any atom is 0.338 e. The summed E-state index contributed by atoms with van der Waals surface area (Å²) in [4.78, 5) is 19.9. The molecule has 40 heavy (non-hydrogen) atoms. The SMILES string of the molecule is CCO.CCOC(=O)C1=C(CSc2nc(-c3cccs3)ccc2C#N)OC(N)=C(C#N)C1c1ccc(SC)cc1. The van der Waals surface area contributed by atoms with Crippen molar-refractivity contribution in [2.45, 2.75) is 29.7 Å². The monoisotopic (exact) mass is 592 g/mol. The van der Waals surface area contributed by atoms with Crippen molar-refractivity contribution in [1.29, 1.82) is 10.5 Å². The van der Waals surface area contributed by atoms with Crippen LogP contribution in [0.3, 0.4) is 0 Å². The highest BCUT2D eigenvalue weighted by molar-refractivity contribution is 7.99. The van der Waals surface area contributed by atoms with Crippen LogP contribution in [0.1, 0.15) is 30.9 Å². The number of allylic oxidation sites excluding steroid dienone is 1. The van der Waals surface area contributed by atoms with Crippen molar-refractivity contribution >= 4 is 40.8 Å². The van der Waals surface area contributed by atoms with E-state index in [9.17, 15) is 15.3 Å². The van der Waals surface area contributed by atoms with Gasteiger partial charge in [-0.3, -0.25) is 0 Å². The van der Waals surface area contributed by atoms with Crippen LogP contribution in [-0.2, 0) is 14.3 Å². The van der Waals surface area contributed by atoms with Crippen molar-refractivity contribution in [1.82, 2.24) is 4.98 Å². The fourth-order valence-electron chi connectivity index (χ4n) is 3.82. The van der Waals surface area contributed by atoms with E-state index in [1.807, 2.05) is 54.1 Å². The second-order valence-corrected chi connectivity index (χ2v) is 10.8. The van der Waals surface area contributed by atoms with Gasteiger partial charge in [-0.2, -0.15) is 10.5 Å². The van der Waals surface area contributed by atoms with Gasteiger partial charge in [-0.05, 0) is 61.4 Å². The Balaban J connectivity index is 0.00000141. The number of aromatic nitrogens is 1. The van der Waals surface area contributed by atoms with Gasteiger partial charge < -0.3 is 20.3 Å². The molecule has 0 spiro atoms. The second-order valence-electron chi connectivity index (χ2n) is 8.00. The molecule has 3 N–H and O–H groups in total. The fourth-order valence-corrected chi connectivity index (χ4v) is 5.84. The Morgan fingerprint density at radius 2 is 1.90 bits per heavy atom. The normalized spacial score (nSPS) is 14.4. The highest BCUT2D eigenvalue weighted by atomic mass is 32.2. The minimum atomic E-state index is -0.745. The van der Waals surface area contributed by atoms with Gasteiger partial charge >= 0.3 is 5.97 Å². The van der Waals surface area contributed by atoms with Gasteiger partial charge in [-0.1, -0.05) is 30.0 Å². The zero-order chi connectivity index (χ0) is 29.1. The molecule has 1 aliphatic rings. The average molecular weight is 593 g/mol. The summed E-state index contributed by atoms with van der Waals surface area (Å²) in [7, 11) is 0. The third-order valence-corrected chi connectivity index (χ3v) is 8.16. The Morgan fingerprint density at radius 3 is 2.48 bits per heavy atom. The molecule has 0 fully saturated rings. The van der Waals surface area contributed by atoms with E-state index < -0.39 is 11.9 Å². The van der Waals surface area contributed by atoms with Crippen LogP contribution < -0.4 is 5.73 Å². The molecule has 0 aliphatic carbocycles. The standard InChI is InChI=1S/C27H22N4O3S3.C2H6O/c1-3-33-27(32)24-21(15-37-26-17(13-28)8-11-20(31-26)22-5-4-12-36-22)34-25(30)19(14-29)23(24)16-6-9-18(35-2)10-7-16;1-2-3/h4-12,23H,3,15,30H2,1-2H3;3H,2H2,1H3. The first-order valence-electron chi connectivity index (χ1n) is 12.2. The van der Waals surface area contributed by atoms with Crippen LogP contribution in [-0.4, -0.2) is 41.3 Å². The predicted octanol–water partition coefficient (Wildman–Crippen LogP) is 5.82. The molecule has 0 radical (unpaired) electrons. The van der Waals surface area contributed by atoms with Gasteiger partial charge in [-0.15, -0.1) is 23.1 Å². The number of thiophene rings is 1. The molecule has 0 bridgehead atoms. The van der Waals surface area contributed by atoms with Crippen LogP contribution in [0.15, 0.2) is 86.6 Å². The van der Waals surface area contributed by atoms with E-state index in [0.29, 0.717) is 10.6 Å². The third kappa shape index (κ3) is 7.26. The maximum atomic E-state index is 13.2. The number of benzene rings is 1. The number of carbonyl (C=O) groups excluding carboxylic acids is 1. The van der Waals surface area contributed by atoms with Gasteiger partial charge in [0.1, 0.15) is 28.5 Å². The molecule has 8 nitrogen and oxygen atoms in total. The van der Waals surface area contributed by atoms with Gasteiger partial charge in [0.05, 0.1) is 40.0 Å². The van der Waals surface area contributed by atoms with Gasteiger partial charge in [0.2, 0.25) is 5.88 Å². The molecule has 4 rings (SSSR count). The van der Waals surface area contributed by atoms with E-state index in [2.05, 4.69) is 17.1 Å². The number of rotatable bonds is 8. The smallest absolute Gasteiger partial charge is 0.338 e. The lowest BCUT2D eigenvalue weighted by molar-refractivity contribution is -0.139. The summed E-state index contributed by atoms with van der Waals surface area (Å²) in [6, 6.07) is 19.3. The van der Waals surface area contributed by atoms with Crippen LogP contribution >= 0.6 is 34.9 Å². The molecule has 3 aromatic rings. The highest BCUT2D eigenvalue weighted by Crippen LogP contribution is 2.41. The Kier molecular flexibility index (Phi) is 11.7. The van der Waals surface area contributed by atoms with Crippen LogP contribution in [0.5, 0.6) is 0 Å². The highest BCUT2D eigenvalue weighted by Gasteiger charge is 2.37. The number of carbonyl (C=O) groups is 1. The van der Waals surface area contributed by atoms with E-state index in [1.54, 1.807) is 43.0 Å². The lowest BCUT2D eigenvalue weighted by Gasteiger charge is -2.28. The van der Waals surface area contributed by atoms with Crippen molar-refractivity contribution in [3.8, 4) is 22.7 Å². The van der Waals surface area contributed by atoms with Gasteiger partial charge in [-0.25, -0.2) is 9.78 Å². The summed E-state index contributed by atoms with van der Waals surface area (Å²) in [6.45, 7) is 3.80. The average Bonchev–Trinajstić information content (AvgIpc) is 3.51. The first-order chi connectivity index (χ1) is 19.4. The van der Waals surface area contributed by atoms with Crippen LogP contribution in [0.4, 0.5) is 0 Å². The number of aliphatic hydroxyl groups excluding tert-OH is 1. The molecule has 206 valence electrons. The zero-order valence-corrected chi connectivity index (χ0v) is 24.7. The minimum absolute atomic E-state index is 0.0640. The lowest BCUT2D eigenvalue weighted by atomic mass is 9.83. The summed E-state index contributed by atoms with van der Waals surface area (Å²) in [5.74, 6) is -0.969. The van der Waals surface area contributed by atoms with Crippen molar-refractivity contribution in [3.05, 3.63) is 87.8 Å². The quantitative estimate of drug-likeness (QED) is 0.243. The molecule has 0 amide bonds. The molecule has 1 aliphatic heterocycles. The molecular weight excluding hydrogens is 565 g/mol. The lowest BCUT2D eigenvalue weighted by Crippen LogP contribution is -2.27. The fraction of sp³-hybridized carbons (Fsp3) is 0.241. The van der Waals surface area contributed by atoms with Crippen LogP contribution in [0.2, 0.25) is 0 Å². The summed E-state index contributed by atoms with van der Waals surface area (Å²) in [5, 5.41) is 29.6. The van der Waals surface area contributed by atoms with Gasteiger partial charge in [0.15, 0.2) is 0 Å². The molecule has 1 atom stereocenters. The van der Waals surface area contributed by atoms with Crippen LogP contribution in [0.25, 0.3) is 10.6 Å². The summed E-state index contributed by atoms with van der Waals surface area (Å²) in [6.07, 6.45) is 1.97. The van der Waals surface area contributed by atoms with Gasteiger partial charge in [0, 0.05) is 11.5 Å². The minimum Gasteiger partial charge on any atom is -0.463 e. The number of aliphatic hydroxyl groups is 1. The molecular formula is C29H28N4O4S3. The third-order valence-electron chi connectivity index (χ3n) is 5.54. The topological polar surface area (TPSA) is 142 Å². The van der Waals surface area contributed by atoms with E-state index >= 15 is 0 Å². The Hall–Kier alpha value is -3.74.